The van der Waals surface area contributed by atoms with Crippen LogP contribution in [0.3, 0.4) is 0 Å². The highest BCUT2D eigenvalue weighted by molar-refractivity contribution is 7.89. The van der Waals surface area contributed by atoms with Crippen LogP contribution in [0, 0.1) is 5.92 Å². The molecule has 5 rings (SSSR count). The van der Waals surface area contributed by atoms with E-state index in [0.29, 0.717) is 55.3 Å². The average Bonchev–Trinajstić information content (AvgIpc) is 3.53. The van der Waals surface area contributed by atoms with Crippen molar-refractivity contribution in [2.24, 2.45) is 5.92 Å². The normalized spacial score (nSPS) is 17.4. The predicted molar refractivity (Wildman–Crippen MR) is 121 cm³/mol. The Hall–Kier alpha value is -2.89. The van der Waals surface area contributed by atoms with Gasteiger partial charge in [0.15, 0.2) is 0 Å². The first kappa shape index (κ1) is 21.0. The lowest BCUT2D eigenvalue weighted by Gasteiger charge is -2.26. The highest BCUT2D eigenvalue weighted by Gasteiger charge is 2.27. The van der Waals surface area contributed by atoms with Crippen LogP contribution in [0.15, 0.2) is 35.4 Å². The van der Waals surface area contributed by atoms with Crippen molar-refractivity contribution in [1.29, 1.82) is 0 Å². The number of hydrogen-bond acceptors (Lipinski definition) is 8. The van der Waals surface area contributed by atoms with Crippen LogP contribution in [-0.4, -0.2) is 67.6 Å². The van der Waals surface area contributed by atoms with Gasteiger partial charge in [-0.25, -0.2) is 8.42 Å². The molecule has 0 bridgehead atoms. The molecule has 0 spiro atoms. The van der Waals surface area contributed by atoms with E-state index in [9.17, 15) is 8.42 Å². The molecule has 1 saturated carbocycles. The van der Waals surface area contributed by atoms with E-state index in [-0.39, 0.29) is 4.90 Å². The SMILES string of the molecule is COc1cc(S(=O)(=O)N2CCOCC2)ccc1Nc1nc(NCC2CC2)c2cc[nH]c2n1. The smallest absolute Gasteiger partial charge is 0.243 e. The molecular weight excluding hydrogens is 432 g/mol. The molecule has 32 heavy (non-hydrogen) atoms. The molecule has 3 N–H and O–H groups in total. The molecule has 3 heterocycles. The van der Waals surface area contributed by atoms with Gasteiger partial charge in [0.05, 0.1) is 36.3 Å². The number of aromatic amines is 1. The van der Waals surface area contributed by atoms with Gasteiger partial charge in [-0.2, -0.15) is 14.3 Å². The molecule has 1 aromatic carbocycles. The van der Waals surface area contributed by atoms with E-state index in [1.165, 1.54) is 30.3 Å². The van der Waals surface area contributed by atoms with Crippen LogP contribution in [0.4, 0.5) is 17.5 Å². The number of rotatable bonds is 8. The number of fused-ring (bicyclic) bond motifs is 1. The number of nitrogens with zero attached hydrogens (tertiary/aromatic N) is 3. The number of anilines is 3. The molecule has 2 aromatic heterocycles. The van der Waals surface area contributed by atoms with Crippen molar-refractivity contribution in [3.63, 3.8) is 0 Å². The van der Waals surface area contributed by atoms with E-state index >= 15 is 0 Å². The molecular formula is C21H26N6O4S. The zero-order chi connectivity index (χ0) is 22.1. The average molecular weight is 459 g/mol. The first-order valence-corrected chi connectivity index (χ1v) is 12.1. The number of hydrogen-bond donors (Lipinski definition) is 3. The highest BCUT2D eigenvalue weighted by Crippen LogP contribution is 2.33. The number of sulfonamides is 1. The first-order chi connectivity index (χ1) is 15.5. The molecule has 10 nitrogen and oxygen atoms in total. The Balaban J connectivity index is 1.42. The van der Waals surface area contributed by atoms with Crippen LogP contribution in [0.1, 0.15) is 12.8 Å². The topological polar surface area (TPSA) is 121 Å². The van der Waals surface area contributed by atoms with Crippen molar-refractivity contribution in [2.45, 2.75) is 17.7 Å². The van der Waals surface area contributed by atoms with Crippen LogP contribution in [-0.2, 0) is 14.8 Å². The van der Waals surface area contributed by atoms with Gasteiger partial charge in [-0.3, -0.25) is 0 Å². The molecule has 0 atom stereocenters. The van der Waals surface area contributed by atoms with E-state index in [1.54, 1.807) is 12.1 Å². The van der Waals surface area contributed by atoms with E-state index in [4.69, 9.17) is 9.47 Å². The van der Waals surface area contributed by atoms with Crippen LogP contribution < -0.4 is 15.4 Å². The van der Waals surface area contributed by atoms with Gasteiger partial charge in [-0.15, -0.1) is 0 Å². The minimum atomic E-state index is -3.62. The van der Waals surface area contributed by atoms with Crippen LogP contribution in [0.5, 0.6) is 5.75 Å². The number of ether oxygens (including phenoxy) is 2. The fourth-order valence-electron chi connectivity index (χ4n) is 3.69. The minimum absolute atomic E-state index is 0.175. The monoisotopic (exact) mass is 458 g/mol. The Bertz CT molecular complexity index is 1220. The lowest BCUT2D eigenvalue weighted by molar-refractivity contribution is 0.0730. The fraction of sp³-hybridized carbons (Fsp3) is 0.429. The largest absolute Gasteiger partial charge is 0.495 e. The third-order valence-corrected chi connectivity index (χ3v) is 7.59. The molecule has 170 valence electrons. The number of aromatic nitrogens is 3. The Labute approximate surface area is 186 Å². The van der Waals surface area contributed by atoms with Crippen LogP contribution >= 0.6 is 0 Å². The maximum absolute atomic E-state index is 13.0. The van der Waals surface area contributed by atoms with Crippen molar-refractivity contribution in [1.82, 2.24) is 19.3 Å². The molecule has 0 amide bonds. The van der Waals surface area contributed by atoms with Crippen molar-refractivity contribution in [3.8, 4) is 5.75 Å². The van der Waals surface area contributed by atoms with Gasteiger partial charge >= 0.3 is 0 Å². The summed E-state index contributed by atoms with van der Waals surface area (Å²) in [5.74, 6) is 2.25. The summed E-state index contributed by atoms with van der Waals surface area (Å²) in [5, 5.41) is 7.52. The minimum Gasteiger partial charge on any atom is -0.495 e. The van der Waals surface area contributed by atoms with Crippen LogP contribution in [0.2, 0.25) is 0 Å². The Morgan fingerprint density at radius 1 is 1.22 bits per heavy atom. The zero-order valence-electron chi connectivity index (χ0n) is 17.8. The summed E-state index contributed by atoms with van der Waals surface area (Å²) in [6.45, 7) is 2.35. The summed E-state index contributed by atoms with van der Waals surface area (Å²) in [7, 11) is -2.12. The third-order valence-electron chi connectivity index (χ3n) is 5.70. The predicted octanol–water partition coefficient (Wildman–Crippen LogP) is 2.55. The second-order valence-corrected chi connectivity index (χ2v) is 9.90. The molecule has 3 aromatic rings. The number of nitrogens with one attached hydrogen (secondary N) is 3. The summed E-state index contributed by atoms with van der Waals surface area (Å²) in [6, 6.07) is 6.70. The van der Waals surface area contributed by atoms with E-state index in [0.717, 1.165) is 17.7 Å². The molecule has 11 heteroatoms. The summed E-state index contributed by atoms with van der Waals surface area (Å²) in [4.78, 5) is 12.5. The first-order valence-electron chi connectivity index (χ1n) is 10.7. The summed E-state index contributed by atoms with van der Waals surface area (Å²) < 4.78 is 38.1. The molecule has 2 aliphatic rings. The lowest BCUT2D eigenvalue weighted by atomic mass is 10.3. The van der Waals surface area contributed by atoms with Crippen molar-refractivity contribution in [2.75, 3.05) is 50.6 Å². The van der Waals surface area contributed by atoms with E-state index in [1.807, 2.05) is 12.3 Å². The molecule has 2 fully saturated rings. The van der Waals surface area contributed by atoms with E-state index < -0.39 is 10.0 Å². The fourth-order valence-corrected chi connectivity index (χ4v) is 5.11. The number of morpholine rings is 1. The quantitative estimate of drug-likeness (QED) is 0.471. The molecule has 1 aliphatic heterocycles. The van der Waals surface area contributed by atoms with Crippen LogP contribution in [0.25, 0.3) is 11.0 Å². The van der Waals surface area contributed by atoms with Crippen molar-refractivity contribution >= 4 is 38.5 Å². The van der Waals surface area contributed by atoms with Crippen molar-refractivity contribution < 1.29 is 17.9 Å². The molecule has 1 saturated heterocycles. The van der Waals surface area contributed by atoms with Crippen molar-refractivity contribution in [3.05, 3.63) is 30.5 Å². The Kier molecular flexibility index (Phi) is 5.62. The maximum Gasteiger partial charge on any atom is 0.243 e. The van der Waals surface area contributed by atoms with Gasteiger partial charge in [0, 0.05) is 31.9 Å². The van der Waals surface area contributed by atoms with Gasteiger partial charge in [-0.05, 0) is 37.0 Å². The summed E-state index contributed by atoms with van der Waals surface area (Å²) >= 11 is 0. The number of H-pyrrole nitrogens is 1. The molecule has 0 radical (unpaired) electrons. The van der Waals surface area contributed by atoms with Gasteiger partial charge < -0.3 is 25.1 Å². The van der Waals surface area contributed by atoms with Gasteiger partial charge in [0.2, 0.25) is 16.0 Å². The third kappa shape index (κ3) is 4.23. The van der Waals surface area contributed by atoms with Gasteiger partial charge in [-0.1, -0.05) is 0 Å². The summed E-state index contributed by atoms with van der Waals surface area (Å²) in [5.41, 5.74) is 1.29. The van der Waals surface area contributed by atoms with E-state index in [2.05, 4.69) is 25.6 Å². The van der Waals surface area contributed by atoms with Gasteiger partial charge in [0.25, 0.3) is 0 Å². The Morgan fingerprint density at radius 3 is 2.78 bits per heavy atom. The molecule has 1 aliphatic carbocycles. The lowest BCUT2D eigenvalue weighted by Crippen LogP contribution is -2.40. The van der Waals surface area contributed by atoms with Gasteiger partial charge in [0.1, 0.15) is 17.2 Å². The zero-order valence-corrected chi connectivity index (χ0v) is 18.6. The summed E-state index contributed by atoms with van der Waals surface area (Å²) in [6.07, 6.45) is 4.32. The second kappa shape index (κ2) is 8.57. The standard InChI is InChI=1S/C21H26N6O4S/c1-30-18-12-15(32(28,29)27-8-10-31-11-9-27)4-5-17(18)24-21-25-19-16(6-7-22-19)20(26-21)23-13-14-2-3-14/h4-7,12,14H,2-3,8-11,13H2,1H3,(H3,22,23,24,25,26). The number of benzene rings is 1. The molecule has 0 unspecified atom stereocenters. The number of methoxy groups -OCH3 is 1. The highest BCUT2D eigenvalue weighted by atomic mass is 32.2. The Morgan fingerprint density at radius 2 is 2.03 bits per heavy atom. The maximum atomic E-state index is 13.0. The second-order valence-electron chi connectivity index (χ2n) is 7.96.